The molecule has 1 amide bonds. The number of benzene rings is 2. The molecule has 2 aromatic carbocycles. The molecule has 1 saturated heterocycles. The Kier molecular flexibility index (Phi) is 7.18. The number of hydrogen-bond donors (Lipinski definition) is 1. The highest BCUT2D eigenvalue weighted by Gasteiger charge is 2.45. The van der Waals surface area contributed by atoms with E-state index in [-0.39, 0.29) is 17.4 Å². The summed E-state index contributed by atoms with van der Waals surface area (Å²) in [4.78, 5) is 29.4. The number of hydrogen-bond acceptors (Lipinski definition) is 5. The first-order chi connectivity index (χ1) is 14.7. The standard InChI is InChI=1S/C24H27BrN2O4/c1-15(2)31-19-11-7-16(8-12-19)21-20(22(28)17-5-9-18(25)10-6-17)23(29)24(30)27(21)14-13-26(3)4/h5-12,15,21,28H,13-14H2,1-4H3/b22-20+/t21-/m0/s1. The van der Waals surface area contributed by atoms with E-state index in [1.807, 2.05) is 57.1 Å². The molecule has 1 atom stereocenters. The zero-order valence-corrected chi connectivity index (χ0v) is 19.7. The topological polar surface area (TPSA) is 70.1 Å². The molecule has 1 aliphatic heterocycles. The molecule has 0 radical (unpaired) electrons. The summed E-state index contributed by atoms with van der Waals surface area (Å²) in [5.41, 5.74) is 1.33. The fourth-order valence-electron chi connectivity index (χ4n) is 3.53. The lowest BCUT2D eigenvalue weighted by atomic mass is 9.95. The summed E-state index contributed by atoms with van der Waals surface area (Å²) < 4.78 is 6.57. The largest absolute Gasteiger partial charge is 0.507 e. The number of aliphatic hydroxyl groups is 1. The van der Waals surface area contributed by atoms with E-state index in [0.29, 0.717) is 24.4 Å². The zero-order valence-electron chi connectivity index (χ0n) is 18.1. The molecule has 0 unspecified atom stereocenters. The minimum Gasteiger partial charge on any atom is -0.507 e. The van der Waals surface area contributed by atoms with Gasteiger partial charge in [-0.2, -0.15) is 0 Å². The average molecular weight is 487 g/mol. The Hall–Kier alpha value is -2.64. The molecule has 0 saturated carbocycles. The van der Waals surface area contributed by atoms with E-state index in [9.17, 15) is 14.7 Å². The van der Waals surface area contributed by atoms with Crippen molar-refractivity contribution in [1.29, 1.82) is 0 Å². The molecule has 31 heavy (non-hydrogen) atoms. The number of halogens is 1. The maximum Gasteiger partial charge on any atom is 0.295 e. The van der Waals surface area contributed by atoms with E-state index in [4.69, 9.17) is 4.74 Å². The van der Waals surface area contributed by atoms with Crippen LogP contribution in [0.15, 0.2) is 58.6 Å². The van der Waals surface area contributed by atoms with Crippen LogP contribution < -0.4 is 4.74 Å². The van der Waals surface area contributed by atoms with Crippen LogP contribution in [0.5, 0.6) is 5.75 Å². The molecule has 164 valence electrons. The summed E-state index contributed by atoms with van der Waals surface area (Å²) in [5.74, 6) is -0.748. The van der Waals surface area contributed by atoms with E-state index >= 15 is 0 Å². The SMILES string of the molecule is CC(C)Oc1ccc([C@H]2/C(=C(\O)c3ccc(Br)cc3)C(=O)C(=O)N2CCN(C)C)cc1. The lowest BCUT2D eigenvalue weighted by molar-refractivity contribution is -0.140. The number of ether oxygens (including phenoxy) is 1. The van der Waals surface area contributed by atoms with Gasteiger partial charge in [0, 0.05) is 23.1 Å². The number of rotatable bonds is 7. The fraction of sp³-hybridized carbons (Fsp3) is 0.333. The van der Waals surface area contributed by atoms with Crippen molar-refractivity contribution < 1.29 is 19.4 Å². The Morgan fingerprint density at radius 1 is 1.10 bits per heavy atom. The third-order valence-electron chi connectivity index (χ3n) is 5.01. The van der Waals surface area contributed by atoms with Gasteiger partial charge in [0.15, 0.2) is 0 Å². The summed E-state index contributed by atoms with van der Waals surface area (Å²) in [5, 5.41) is 11.0. The highest BCUT2D eigenvalue weighted by Crippen LogP contribution is 2.39. The second-order valence-corrected chi connectivity index (χ2v) is 8.95. The van der Waals surface area contributed by atoms with Crippen molar-refractivity contribution in [2.45, 2.75) is 26.0 Å². The molecule has 1 aliphatic rings. The van der Waals surface area contributed by atoms with Crippen molar-refractivity contribution in [3.63, 3.8) is 0 Å². The van der Waals surface area contributed by atoms with Crippen LogP contribution in [0, 0.1) is 0 Å². The number of carbonyl (C=O) groups is 2. The van der Waals surface area contributed by atoms with Crippen LogP contribution in [0.2, 0.25) is 0 Å². The molecule has 3 rings (SSSR count). The number of likely N-dealkylation sites (tertiary alicyclic amines) is 1. The Bertz CT molecular complexity index is 982. The minimum absolute atomic E-state index is 0.0361. The van der Waals surface area contributed by atoms with Gasteiger partial charge >= 0.3 is 0 Å². The Balaban J connectivity index is 2.08. The summed E-state index contributed by atoms with van der Waals surface area (Å²) in [7, 11) is 3.82. The second kappa shape index (κ2) is 9.66. The first kappa shape index (κ1) is 23.0. The van der Waals surface area contributed by atoms with Crippen LogP contribution in [-0.2, 0) is 9.59 Å². The average Bonchev–Trinajstić information content (AvgIpc) is 2.97. The van der Waals surface area contributed by atoms with Crippen molar-refractivity contribution in [3.05, 3.63) is 69.7 Å². The molecule has 7 heteroatoms. The van der Waals surface area contributed by atoms with Gasteiger partial charge < -0.3 is 19.6 Å². The van der Waals surface area contributed by atoms with Gasteiger partial charge in [0.1, 0.15) is 11.5 Å². The van der Waals surface area contributed by atoms with Gasteiger partial charge in [-0.3, -0.25) is 9.59 Å². The van der Waals surface area contributed by atoms with Crippen molar-refractivity contribution in [3.8, 4) is 5.75 Å². The minimum atomic E-state index is -0.674. The molecule has 0 spiro atoms. The maximum atomic E-state index is 13.0. The van der Waals surface area contributed by atoms with Gasteiger partial charge in [-0.15, -0.1) is 0 Å². The predicted molar refractivity (Wildman–Crippen MR) is 124 cm³/mol. The number of aliphatic hydroxyl groups excluding tert-OH is 1. The summed E-state index contributed by atoms with van der Waals surface area (Å²) in [6.45, 7) is 4.85. The van der Waals surface area contributed by atoms with Crippen LogP contribution >= 0.6 is 15.9 Å². The van der Waals surface area contributed by atoms with E-state index in [2.05, 4.69) is 15.9 Å². The van der Waals surface area contributed by atoms with Crippen LogP contribution in [0.3, 0.4) is 0 Å². The Morgan fingerprint density at radius 3 is 2.26 bits per heavy atom. The number of carbonyl (C=O) groups excluding carboxylic acids is 2. The third kappa shape index (κ3) is 5.17. The number of Topliss-reactive ketones (excluding diaryl/α,β-unsaturated/α-hetero) is 1. The summed E-state index contributed by atoms with van der Waals surface area (Å²) in [6, 6.07) is 13.6. The second-order valence-electron chi connectivity index (χ2n) is 8.04. The van der Waals surface area contributed by atoms with Gasteiger partial charge in [0.25, 0.3) is 11.7 Å². The Morgan fingerprint density at radius 2 is 1.71 bits per heavy atom. The molecule has 1 heterocycles. The number of nitrogens with zero attached hydrogens (tertiary/aromatic N) is 2. The zero-order chi connectivity index (χ0) is 22.7. The molecule has 0 aromatic heterocycles. The predicted octanol–water partition coefficient (Wildman–Crippen LogP) is 4.22. The monoisotopic (exact) mass is 486 g/mol. The lowest BCUT2D eigenvalue weighted by Crippen LogP contribution is -2.35. The number of ketones is 1. The first-order valence-corrected chi connectivity index (χ1v) is 10.9. The summed E-state index contributed by atoms with van der Waals surface area (Å²) in [6.07, 6.45) is 0.0361. The van der Waals surface area contributed by atoms with Crippen molar-refractivity contribution in [2.24, 2.45) is 0 Å². The van der Waals surface area contributed by atoms with E-state index < -0.39 is 17.7 Å². The molecular formula is C24H27BrN2O4. The molecule has 2 aromatic rings. The quantitative estimate of drug-likeness (QED) is 0.360. The highest BCUT2D eigenvalue weighted by molar-refractivity contribution is 9.10. The molecule has 6 nitrogen and oxygen atoms in total. The van der Waals surface area contributed by atoms with Crippen molar-refractivity contribution >= 4 is 33.4 Å². The highest BCUT2D eigenvalue weighted by atomic mass is 79.9. The molecule has 0 aliphatic carbocycles. The first-order valence-electron chi connectivity index (χ1n) is 10.1. The smallest absolute Gasteiger partial charge is 0.295 e. The normalized spacial score (nSPS) is 18.3. The number of amides is 1. The molecule has 1 N–H and O–H groups in total. The van der Waals surface area contributed by atoms with Gasteiger partial charge in [-0.1, -0.05) is 40.2 Å². The number of likely N-dealkylation sites (N-methyl/N-ethyl adjacent to an activating group) is 1. The lowest BCUT2D eigenvalue weighted by Gasteiger charge is -2.26. The Labute approximate surface area is 191 Å². The van der Waals surface area contributed by atoms with Gasteiger partial charge in [0.05, 0.1) is 17.7 Å². The molecule has 0 bridgehead atoms. The maximum absolute atomic E-state index is 13.0. The van der Waals surface area contributed by atoms with Gasteiger partial charge in [-0.05, 0) is 57.8 Å². The molecular weight excluding hydrogens is 460 g/mol. The van der Waals surface area contributed by atoms with Crippen molar-refractivity contribution in [2.75, 3.05) is 27.2 Å². The third-order valence-corrected chi connectivity index (χ3v) is 5.54. The van der Waals surface area contributed by atoms with Gasteiger partial charge in [0.2, 0.25) is 0 Å². The summed E-state index contributed by atoms with van der Waals surface area (Å²) >= 11 is 3.37. The van der Waals surface area contributed by atoms with Crippen molar-refractivity contribution in [1.82, 2.24) is 9.80 Å². The van der Waals surface area contributed by atoms with E-state index in [1.165, 1.54) is 4.90 Å². The molecule has 1 fully saturated rings. The van der Waals surface area contributed by atoms with Crippen LogP contribution in [-0.4, -0.2) is 59.9 Å². The van der Waals surface area contributed by atoms with Gasteiger partial charge in [-0.25, -0.2) is 0 Å². The van der Waals surface area contributed by atoms with Crippen LogP contribution in [0.25, 0.3) is 5.76 Å². The van der Waals surface area contributed by atoms with E-state index in [1.54, 1.807) is 24.3 Å². The fourth-order valence-corrected chi connectivity index (χ4v) is 3.79. The van der Waals surface area contributed by atoms with E-state index in [0.717, 1.165) is 10.0 Å². The van der Waals surface area contributed by atoms with Crippen LogP contribution in [0.1, 0.15) is 31.0 Å². The van der Waals surface area contributed by atoms with Crippen LogP contribution in [0.4, 0.5) is 0 Å².